The number of rotatable bonds is 4. The van der Waals surface area contributed by atoms with E-state index in [4.69, 9.17) is 15.0 Å². The van der Waals surface area contributed by atoms with Gasteiger partial charge in [-0.25, -0.2) is 15.0 Å². The Labute approximate surface area is 286 Å². The molecule has 0 saturated carbocycles. The van der Waals surface area contributed by atoms with E-state index in [0.29, 0.717) is 17.5 Å². The van der Waals surface area contributed by atoms with Gasteiger partial charge in [0.1, 0.15) is 0 Å². The van der Waals surface area contributed by atoms with Crippen molar-refractivity contribution in [2.75, 3.05) is 0 Å². The first-order valence-electron chi connectivity index (χ1n) is 16.3. The van der Waals surface area contributed by atoms with E-state index in [0.717, 1.165) is 27.9 Å². The van der Waals surface area contributed by atoms with Gasteiger partial charge in [0.05, 0.1) is 5.69 Å². The molecule has 228 valence electrons. The van der Waals surface area contributed by atoms with Crippen molar-refractivity contribution in [1.29, 1.82) is 0 Å². The van der Waals surface area contributed by atoms with E-state index in [2.05, 4.69) is 108 Å². The van der Waals surface area contributed by atoms with Crippen LogP contribution in [0.4, 0.5) is 0 Å². The first-order chi connectivity index (χ1) is 24.3. The lowest BCUT2D eigenvalue weighted by Gasteiger charge is -2.13. The van der Waals surface area contributed by atoms with Gasteiger partial charge >= 0.3 is 0 Å². The first-order valence-corrected chi connectivity index (χ1v) is 17.1. The van der Waals surface area contributed by atoms with E-state index in [-0.39, 0.29) is 0 Å². The van der Waals surface area contributed by atoms with Crippen molar-refractivity contribution in [3.05, 3.63) is 158 Å². The molecule has 0 N–H and O–H groups in total. The van der Waals surface area contributed by atoms with Crippen molar-refractivity contribution in [2.45, 2.75) is 0 Å². The third kappa shape index (κ3) is 4.59. The Kier molecular flexibility index (Phi) is 6.32. The fourth-order valence-electron chi connectivity index (χ4n) is 7.07. The summed E-state index contributed by atoms with van der Waals surface area (Å²) in [7, 11) is 0. The molecule has 3 heterocycles. The fraction of sp³-hybridized carbons (Fsp3) is 0. The summed E-state index contributed by atoms with van der Waals surface area (Å²) in [5.74, 6) is 1.92. The van der Waals surface area contributed by atoms with E-state index >= 15 is 0 Å². The summed E-state index contributed by atoms with van der Waals surface area (Å²) < 4.78 is 2.63. The van der Waals surface area contributed by atoms with Crippen LogP contribution in [0.5, 0.6) is 0 Å². The lowest BCUT2D eigenvalue weighted by molar-refractivity contribution is 1.07. The average Bonchev–Trinajstić information content (AvgIpc) is 3.57. The summed E-state index contributed by atoms with van der Waals surface area (Å²) in [6.45, 7) is 0. The summed E-state index contributed by atoms with van der Waals surface area (Å²) in [5.41, 5.74) is 4.79. The molecule has 10 aromatic rings. The van der Waals surface area contributed by atoms with E-state index in [1.807, 2.05) is 66.1 Å². The number of aromatic nitrogens is 4. The number of pyridine rings is 1. The quantitative estimate of drug-likeness (QED) is 0.179. The maximum Gasteiger partial charge on any atom is 0.164 e. The van der Waals surface area contributed by atoms with Crippen LogP contribution in [0, 0.1) is 0 Å². The van der Waals surface area contributed by atoms with Crippen molar-refractivity contribution in [3.8, 4) is 45.4 Å². The number of fused-ring (bicyclic) bond motifs is 10. The van der Waals surface area contributed by atoms with Crippen LogP contribution in [-0.2, 0) is 0 Å². The molecule has 0 fully saturated rings. The molecule has 0 spiro atoms. The van der Waals surface area contributed by atoms with Crippen LogP contribution in [0.25, 0.3) is 97.9 Å². The zero-order chi connectivity index (χ0) is 32.3. The van der Waals surface area contributed by atoms with Crippen LogP contribution >= 0.6 is 11.3 Å². The van der Waals surface area contributed by atoms with Gasteiger partial charge in [-0.3, -0.25) is 4.98 Å². The normalized spacial score (nSPS) is 11.7. The molecule has 49 heavy (non-hydrogen) atoms. The van der Waals surface area contributed by atoms with Crippen LogP contribution < -0.4 is 0 Å². The standard InChI is InChI=1S/C44H26N4S/c1-2-10-28(11-3-1)42-46-43(29-19-17-27(18-20-29)37-15-8-9-25-45-37)48-44(47-42)30-21-22-32-34-23-24-39-41(35-14-6-7-16-38(35)49-39)40(34)33-13-5-4-12-31(33)36(32)26-30/h1-26H. The molecule has 0 saturated heterocycles. The van der Waals surface area contributed by atoms with Crippen LogP contribution in [0.3, 0.4) is 0 Å². The molecule has 4 nitrogen and oxygen atoms in total. The zero-order valence-electron chi connectivity index (χ0n) is 26.2. The maximum atomic E-state index is 5.08. The zero-order valence-corrected chi connectivity index (χ0v) is 27.0. The number of hydrogen-bond acceptors (Lipinski definition) is 5. The molecule has 0 atom stereocenters. The molecule has 0 radical (unpaired) electrons. The van der Waals surface area contributed by atoms with Crippen LogP contribution in [-0.4, -0.2) is 19.9 Å². The highest BCUT2D eigenvalue weighted by Gasteiger charge is 2.17. The lowest BCUT2D eigenvalue weighted by atomic mass is 9.91. The SMILES string of the molecule is c1ccc(-c2nc(-c3ccc(-c4ccccn4)cc3)nc(-c3ccc4c(c3)c3ccccc3c3c4ccc4sc5ccccc5c43)n2)cc1. The van der Waals surface area contributed by atoms with Crippen molar-refractivity contribution in [1.82, 2.24) is 19.9 Å². The van der Waals surface area contributed by atoms with Gasteiger partial charge in [-0.15, -0.1) is 11.3 Å². The van der Waals surface area contributed by atoms with Crippen molar-refractivity contribution >= 4 is 63.8 Å². The van der Waals surface area contributed by atoms with Gasteiger partial charge in [-0.05, 0) is 62.6 Å². The third-order valence-corrected chi connectivity index (χ3v) is 10.5. The molecule has 0 aliphatic heterocycles. The summed E-state index contributed by atoms with van der Waals surface area (Å²) in [5, 5.41) is 10.1. The second kappa shape index (κ2) is 11.2. The molecule has 0 amide bonds. The van der Waals surface area contributed by atoms with Crippen LogP contribution in [0.1, 0.15) is 0 Å². The van der Waals surface area contributed by atoms with E-state index in [9.17, 15) is 0 Å². The minimum atomic E-state index is 0.631. The van der Waals surface area contributed by atoms with Crippen molar-refractivity contribution < 1.29 is 0 Å². The minimum absolute atomic E-state index is 0.631. The van der Waals surface area contributed by atoms with Gasteiger partial charge in [0, 0.05) is 48.6 Å². The average molecular weight is 643 g/mol. The van der Waals surface area contributed by atoms with E-state index in [1.54, 1.807) is 0 Å². The molecular weight excluding hydrogens is 617 g/mol. The molecule has 0 bridgehead atoms. The number of hydrogen-bond donors (Lipinski definition) is 0. The van der Waals surface area contributed by atoms with Crippen LogP contribution in [0.15, 0.2) is 158 Å². The Morgan fingerprint density at radius 1 is 0.347 bits per heavy atom. The summed E-state index contributed by atoms with van der Waals surface area (Å²) in [4.78, 5) is 19.6. The van der Waals surface area contributed by atoms with Crippen molar-refractivity contribution in [2.24, 2.45) is 0 Å². The predicted molar refractivity (Wildman–Crippen MR) is 205 cm³/mol. The topological polar surface area (TPSA) is 51.6 Å². The van der Waals surface area contributed by atoms with E-state index < -0.39 is 0 Å². The Balaban J connectivity index is 1.19. The van der Waals surface area contributed by atoms with Gasteiger partial charge in [0.2, 0.25) is 0 Å². The number of nitrogens with zero attached hydrogens (tertiary/aromatic N) is 4. The minimum Gasteiger partial charge on any atom is -0.256 e. The Morgan fingerprint density at radius 2 is 0.918 bits per heavy atom. The Bertz CT molecular complexity index is 2840. The van der Waals surface area contributed by atoms with E-state index in [1.165, 1.54) is 52.5 Å². The molecule has 0 unspecified atom stereocenters. The Morgan fingerprint density at radius 3 is 1.69 bits per heavy atom. The predicted octanol–water partition coefficient (Wildman–Crippen LogP) is 11.8. The van der Waals surface area contributed by atoms with Gasteiger partial charge in [0.15, 0.2) is 17.5 Å². The summed E-state index contributed by atoms with van der Waals surface area (Å²) in [6, 6.07) is 53.1. The molecule has 10 rings (SSSR count). The fourth-order valence-corrected chi connectivity index (χ4v) is 8.19. The largest absolute Gasteiger partial charge is 0.256 e. The van der Waals surface area contributed by atoms with Gasteiger partial charge in [0.25, 0.3) is 0 Å². The van der Waals surface area contributed by atoms with Gasteiger partial charge in [-0.2, -0.15) is 0 Å². The monoisotopic (exact) mass is 642 g/mol. The highest BCUT2D eigenvalue weighted by molar-refractivity contribution is 7.26. The number of thiophene rings is 1. The molecule has 0 aliphatic carbocycles. The third-order valence-electron chi connectivity index (χ3n) is 9.37. The molecule has 7 aromatic carbocycles. The van der Waals surface area contributed by atoms with Crippen LogP contribution in [0.2, 0.25) is 0 Å². The highest BCUT2D eigenvalue weighted by atomic mass is 32.1. The van der Waals surface area contributed by atoms with Crippen molar-refractivity contribution in [3.63, 3.8) is 0 Å². The molecular formula is C44H26N4S. The second-order valence-electron chi connectivity index (χ2n) is 12.2. The Hall–Kier alpha value is -6.30. The smallest absolute Gasteiger partial charge is 0.164 e. The summed E-state index contributed by atoms with van der Waals surface area (Å²) >= 11 is 1.86. The maximum absolute atomic E-state index is 5.08. The number of benzene rings is 7. The van der Waals surface area contributed by atoms with Gasteiger partial charge < -0.3 is 0 Å². The first kappa shape index (κ1) is 27.8. The highest BCUT2D eigenvalue weighted by Crippen LogP contribution is 2.44. The molecule has 3 aromatic heterocycles. The van der Waals surface area contributed by atoms with Gasteiger partial charge in [-0.1, -0.05) is 121 Å². The molecule has 5 heteroatoms. The second-order valence-corrected chi connectivity index (χ2v) is 13.3. The lowest BCUT2D eigenvalue weighted by Crippen LogP contribution is -2.00. The molecule has 0 aliphatic rings. The summed E-state index contributed by atoms with van der Waals surface area (Å²) in [6.07, 6.45) is 1.81.